The number of rotatable bonds is 3. The maximum absolute atomic E-state index is 5.51. The lowest BCUT2D eigenvalue weighted by molar-refractivity contribution is 0.232. The van der Waals surface area contributed by atoms with E-state index in [0.29, 0.717) is 11.9 Å². The Labute approximate surface area is 96.4 Å². The fraction of sp³-hybridized carbons (Fsp3) is 0.583. The van der Waals surface area contributed by atoms with Crippen LogP contribution in [0.25, 0.3) is 0 Å². The summed E-state index contributed by atoms with van der Waals surface area (Å²) in [6, 6.07) is 4.38. The topological polar surface area (TPSA) is 46.2 Å². The molecule has 1 fully saturated rings. The molecule has 88 valence electrons. The van der Waals surface area contributed by atoms with Crippen LogP contribution in [0.3, 0.4) is 0 Å². The zero-order chi connectivity index (χ0) is 11.4. The van der Waals surface area contributed by atoms with Crippen LogP contribution in [0.4, 0.5) is 0 Å². The van der Waals surface area contributed by atoms with E-state index < -0.39 is 0 Å². The molecule has 1 unspecified atom stereocenters. The minimum absolute atomic E-state index is 0.174. The highest BCUT2D eigenvalue weighted by atomic mass is 16.5. The molecule has 16 heavy (non-hydrogen) atoms. The number of piperazine rings is 1. The molecule has 2 rings (SSSR count). The standard InChI is InChI=1S/C12H19N3O/c1-9(2)16-12-4-3-10(7-15-12)11-8-13-5-6-14-11/h3-4,7,9,11,13-14H,5-6,8H2,1-2H3. The largest absolute Gasteiger partial charge is 0.475 e. The van der Waals surface area contributed by atoms with Crippen LogP contribution in [-0.2, 0) is 0 Å². The minimum atomic E-state index is 0.174. The van der Waals surface area contributed by atoms with Crippen LogP contribution in [0.15, 0.2) is 18.3 Å². The predicted molar refractivity (Wildman–Crippen MR) is 63.6 cm³/mol. The van der Waals surface area contributed by atoms with Gasteiger partial charge in [-0.25, -0.2) is 4.98 Å². The Morgan fingerprint density at radius 2 is 2.25 bits per heavy atom. The molecule has 0 radical (unpaired) electrons. The van der Waals surface area contributed by atoms with E-state index in [1.165, 1.54) is 5.56 Å². The van der Waals surface area contributed by atoms with Gasteiger partial charge >= 0.3 is 0 Å². The van der Waals surface area contributed by atoms with Gasteiger partial charge in [-0.2, -0.15) is 0 Å². The average Bonchev–Trinajstić information content (AvgIpc) is 2.30. The molecule has 0 aromatic carbocycles. The highest BCUT2D eigenvalue weighted by Gasteiger charge is 2.14. The van der Waals surface area contributed by atoms with Crippen molar-refractivity contribution in [3.8, 4) is 5.88 Å². The number of nitrogens with one attached hydrogen (secondary N) is 2. The van der Waals surface area contributed by atoms with E-state index in [4.69, 9.17) is 4.74 Å². The Hall–Kier alpha value is -1.13. The second-order valence-electron chi connectivity index (χ2n) is 4.31. The lowest BCUT2D eigenvalue weighted by Crippen LogP contribution is -2.42. The summed E-state index contributed by atoms with van der Waals surface area (Å²) in [5.74, 6) is 0.697. The highest BCUT2D eigenvalue weighted by molar-refractivity contribution is 5.21. The second-order valence-corrected chi connectivity index (χ2v) is 4.31. The van der Waals surface area contributed by atoms with Gasteiger partial charge in [-0.1, -0.05) is 6.07 Å². The molecule has 1 aromatic heterocycles. The van der Waals surface area contributed by atoms with E-state index in [9.17, 15) is 0 Å². The smallest absolute Gasteiger partial charge is 0.213 e. The number of aromatic nitrogens is 1. The van der Waals surface area contributed by atoms with Gasteiger partial charge in [-0.05, 0) is 19.4 Å². The zero-order valence-corrected chi connectivity index (χ0v) is 9.86. The summed E-state index contributed by atoms with van der Waals surface area (Å²) < 4.78 is 5.51. The molecule has 0 spiro atoms. The van der Waals surface area contributed by atoms with Gasteiger partial charge in [0.2, 0.25) is 5.88 Å². The molecule has 0 amide bonds. The summed E-state index contributed by atoms with van der Waals surface area (Å²) >= 11 is 0. The van der Waals surface area contributed by atoms with Crippen LogP contribution in [0, 0.1) is 0 Å². The summed E-state index contributed by atoms with van der Waals surface area (Å²) in [5.41, 5.74) is 1.21. The van der Waals surface area contributed by atoms with Crippen LogP contribution in [0.2, 0.25) is 0 Å². The Balaban J connectivity index is 2.00. The van der Waals surface area contributed by atoms with Gasteiger partial charge < -0.3 is 15.4 Å². The van der Waals surface area contributed by atoms with Gasteiger partial charge in [-0.15, -0.1) is 0 Å². The summed E-state index contributed by atoms with van der Waals surface area (Å²) in [5, 5.41) is 6.81. The SMILES string of the molecule is CC(C)Oc1ccc(C2CNCCN2)cn1. The van der Waals surface area contributed by atoms with Gasteiger partial charge in [0.15, 0.2) is 0 Å². The van der Waals surface area contributed by atoms with Crippen molar-refractivity contribution in [2.45, 2.75) is 26.0 Å². The van der Waals surface area contributed by atoms with Gasteiger partial charge in [0.05, 0.1) is 6.10 Å². The Morgan fingerprint density at radius 1 is 1.38 bits per heavy atom. The molecule has 4 nitrogen and oxygen atoms in total. The number of ether oxygens (including phenoxy) is 1. The first-order chi connectivity index (χ1) is 7.75. The van der Waals surface area contributed by atoms with E-state index >= 15 is 0 Å². The van der Waals surface area contributed by atoms with Crippen molar-refractivity contribution in [3.63, 3.8) is 0 Å². The normalized spacial score (nSPS) is 21.1. The molecular weight excluding hydrogens is 202 g/mol. The molecule has 1 aliphatic heterocycles. The van der Waals surface area contributed by atoms with Crippen molar-refractivity contribution < 1.29 is 4.74 Å². The summed E-state index contributed by atoms with van der Waals surface area (Å²) in [6.07, 6.45) is 2.07. The van der Waals surface area contributed by atoms with E-state index in [2.05, 4.69) is 21.7 Å². The van der Waals surface area contributed by atoms with Crippen molar-refractivity contribution in [3.05, 3.63) is 23.9 Å². The highest BCUT2D eigenvalue weighted by Crippen LogP contribution is 2.16. The van der Waals surface area contributed by atoms with E-state index in [1.54, 1.807) is 0 Å². The van der Waals surface area contributed by atoms with Gasteiger partial charge in [0.25, 0.3) is 0 Å². The third-order valence-electron chi connectivity index (χ3n) is 2.56. The van der Waals surface area contributed by atoms with E-state index in [1.807, 2.05) is 26.1 Å². The minimum Gasteiger partial charge on any atom is -0.475 e. The first kappa shape index (κ1) is 11.4. The van der Waals surface area contributed by atoms with Crippen molar-refractivity contribution in [1.82, 2.24) is 15.6 Å². The van der Waals surface area contributed by atoms with Gasteiger partial charge in [-0.3, -0.25) is 0 Å². The lowest BCUT2D eigenvalue weighted by atomic mass is 10.1. The van der Waals surface area contributed by atoms with Crippen molar-refractivity contribution in [2.75, 3.05) is 19.6 Å². The van der Waals surface area contributed by atoms with E-state index in [0.717, 1.165) is 19.6 Å². The molecule has 1 aromatic rings. The molecule has 0 aliphatic carbocycles. The van der Waals surface area contributed by atoms with Crippen molar-refractivity contribution in [1.29, 1.82) is 0 Å². The fourth-order valence-corrected chi connectivity index (χ4v) is 1.80. The van der Waals surface area contributed by atoms with Crippen LogP contribution < -0.4 is 15.4 Å². The third-order valence-corrected chi connectivity index (χ3v) is 2.56. The van der Waals surface area contributed by atoms with Crippen LogP contribution in [0.1, 0.15) is 25.5 Å². The fourth-order valence-electron chi connectivity index (χ4n) is 1.80. The number of pyridine rings is 1. The van der Waals surface area contributed by atoms with Gasteiger partial charge in [0.1, 0.15) is 0 Å². The monoisotopic (exact) mass is 221 g/mol. The Kier molecular flexibility index (Phi) is 3.74. The number of nitrogens with zero attached hydrogens (tertiary/aromatic N) is 1. The maximum atomic E-state index is 5.51. The molecule has 1 aliphatic rings. The molecule has 1 atom stereocenters. The quantitative estimate of drug-likeness (QED) is 0.802. The predicted octanol–water partition coefficient (Wildman–Crippen LogP) is 1.10. The van der Waals surface area contributed by atoms with E-state index in [-0.39, 0.29) is 6.10 Å². The van der Waals surface area contributed by atoms with Crippen molar-refractivity contribution in [2.24, 2.45) is 0 Å². The summed E-state index contributed by atoms with van der Waals surface area (Å²) in [7, 11) is 0. The number of hydrogen-bond donors (Lipinski definition) is 2. The molecule has 0 saturated carbocycles. The van der Waals surface area contributed by atoms with Crippen LogP contribution >= 0.6 is 0 Å². The van der Waals surface area contributed by atoms with Crippen LogP contribution in [0.5, 0.6) is 5.88 Å². The average molecular weight is 221 g/mol. The second kappa shape index (κ2) is 5.27. The first-order valence-electron chi connectivity index (χ1n) is 5.82. The molecule has 2 heterocycles. The summed E-state index contributed by atoms with van der Waals surface area (Å²) in [6.45, 7) is 7.02. The Morgan fingerprint density at radius 3 is 2.81 bits per heavy atom. The third kappa shape index (κ3) is 2.93. The molecule has 4 heteroatoms. The molecule has 0 bridgehead atoms. The number of hydrogen-bond acceptors (Lipinski definition) is 4. The molecule has 1 saturated heterocycles. The van der Waals surface area contributed by atoms with Crippen molar-refractivity contribution >= 4 is 0 Å². The van der Waals surface area contributed by atoms with Crippen LogP contribution in [-0.4, -0.2) is 30.7 Å². The zero-order valence-electron chi connectivity index (χ0n) is 9.86. The Bertz CT molecular complexity index is 318. The molecular formula is C12H19N3O. The maximum Gasteiger partial charge on any atom is 0.213 e. The summed E-state index contributed by atoms with van der Waals surface area (Å²) in [4.78, 5) is 4.30. The first-order valence-corrected chi connectivity index (χ1v) is 5.82. The lowest BCUT2D eigenvalue weighted by Gasteiger charge is -2.24. The molecule has 2 N–H and O–H groups in total. The van der Waals surface area contributed by atoms with Gasteiger partial charge in [0, 0.05) is 37.9 Å².